The Hall–Kier alpha value is -0.710. The van der Waals surface area contributed by atoms with Crippen molar-refractivity contribution in [3.63, 3.8) is 0 Å². The van der Waals surface area contributed by atoms with Crippen LogP contribution >= 0.6 is 23.4 Å². The molecular formula is C13H19ClN2OS. The third-order valence-corrected chi connectivity index (χ3v) is 4.31. The summed E-state index contributed by atoms with van der Waals surface area (Å²) < 4.78 is 0. The minimum atomic E-state index is -0.618. The van der Waals surface area contributed by atoms with Crippen molar-refractivity contribution >= 4 is 29.3 Å². The average molecular weight is 287 g/mol. The number of amides is 1. The highest BCUT2D eigenvalue weighted by Crippen LogP contribution is 2.19. The number of nitrogens with two attached hydrogens (primary N) is 1. The number of primary amides is 1. The predicted octanol–water partition coefficient (Wildman–Crippen LogP) is 2.43. The maximum absolute atomic E-state index is 11.3. The molecule has 0 aliphatic heterocycles. The van der Waals surface area contributed by atoms with E-state index in [1.165, 1.54) is 5.56 Å². The summed E-state index contributed by atoms with van der Waals surface area (Å²) in [5, 5.41) is 3.73. The second kappa shape index (κ2) is 7.02. The Balaban J connectivity index is 2.34. The highest BCUT2D eigenvalue weighted by molar-refractivity contribution is 7.98. The third kappa shape index (κ3) is 4.52. The van der Waals surface area contributed by atoms with Gasteiger partial charge in [-0.25, -0.2) is 0 Å². The molecule has 1 aromatic rings. The van der Waals surface area contributed by atoms with E-state index in [2.05, 4.69) is 5.32 Å². The topological polar surface area (TPSA) is 55.1 Å². The fraction of sp³-hybridized carbons (Fsp3) is 0.462. The van der Waals surface area contributed by atoms with Crippen molar-refractivity contribution in [2.45, 2.75) is 24.6 Å². The number of hydrogen-bond donors (Lipinski definition) is 2. The largest absolute Gasteiger partial charge is 0.368 e. The van der Waals surface area contributed by atoms with Gasteiger partial charge in [0.1, 0.15) is 0 Å². The molecule has 0 aromatic heterocycles. The molecule has 18 heavy (non-hydrogen) atoms. The van der Waals surface area contributed by atoms with E-state index in [-0.39, 0.29) is 5.91 Å². The SMILES string of the molecule is CNC(C)(CCSCc1ccc(Cl)cc1)C(N)=O. The highest BCUT2D eigenvalue weighted by atomic mass is 35.5. The number of rotatable bonds is 7. The molecule has 3 nitrogen and oxygen atoms in total. The van der Waals surface area contributed by atoms with Crippen LogP contribution in [0.2, 0.25) is 5.02 Å². The van der Waals surface area contributed by atoms with Crippen LogP contribution in [0.1, 0.15) is 18.9 Å². The first-order valence-corrected chi connectivity index (χ1v) is 7.32. The molecule has 3 N–H and O–H groups in total. The van der Waals surface area contributed by atoms with E-state index in [9.17, 15) is 4.79 Å². The molecule has 0 aliphatic rings. The number of carbonyl (C=O) groups is 1. The lowest BCUT2D eigenvalue weighted by Crippen LogP contribution is -2.51. The molecular weight excluding hydrogens is 268 g/mol. The summed E-state index contributed by atoms with van der Waals surface area (Å²) >= 11 is 7.60. The molecule has 0 bridgehead atoms. The fourth-order valence-corrected chi connectivity index (χ4v) is 2.67. The van der Waals surface area contributed by atoms with Crippen LogP contribution in [0.4, 0.5) is 0 Å². The number of benzene rings is 1. The second-order valence-corrected chi connectivity index (χ2v) is 5.92. The van der Waals surface area contributed by atoms with Crippen LogP contribution in [0.5, 0.6) is 0 Å². The molecule has 5 heteroatoms. The van der Waals surface area contributed by atoms with Gasteiger partial charge < -0.3 is 11.1 Å². The van der Waals surface area contributed by atoms with Crippen molar-refractivity contribution in [1.82, 2.24) is 5.32 Å². The van der Waals surface area contributed by atoms with Gasteiger partial charge in [0, 0.05) is 10.8 Å². The fourth-order valence-electron chi connectivity index (χ4n) is 1.42. The molecule has 1 aromatic carbocycles. The summed E-state index contributed by atoms with van der Waals surface area (Å²) in [6.45, 7) is 1.83. The Bertz CT molecular complexity index is 396. The lowest BCUT2D eigenvalue weighted by Gasteiger charge is -2.25. The van der Waals surface area contributed by atoms with Crippen molar-refractivity contribution in [3.05, 3.63) is 34.9 Å². The summed E-state index contributed by atoms with van der Waals surface area (Å²) in [5.41, 5.74) is 5.98. The Morgan fingerprint density at radius 3 is 2.56 bits per heavy atom. The summed E-state index contributed by atoms with van der Waals surface area (Å²) in [7, 11) is 1.76. The molecule has 0 radical (unpaired) electrons. The molecule has 0 saturated carbocycles. The van der Waals surface area contributed by atoms with Crippen molar-refractivity contribution < 1.29 is 4.79 Å². The van der Waals surface area contributed by atoms with Crippen molar-refractivity contribution in [2.24, 2.45) is 5.73 Å². The summed E-state index contributed by atoms with van der Waals surface area (Å²) in [6.07, 6.45) is 0.719. The Morgan fingerprint density at radius 2 is 2.06 bits per heavy atom. The van der Waals surface area contributed by atoms with Gasteiger partial charge in [-0.1, -0.05) is 23.7 Å². The van der Waals surface area contributed by atoms with Crippen molar-refractivity contribution in [3.8, 4) is 0 Å². The van der Waals surface area contributed by atoms with E-state index >= 15 is 0 Å². The molecule has 1 rings (SSSR count). The van der Waals surface area contributed by atoms with Gasteiger partial charge in [0.15, 0.2) is 0 Å². The highest BCUT2D eigenvalue weighted by Gasteiger charge is 2.27. The van der Waals surface area contributed by atoms with E-state index in [1.807, 2.05) is 31.2 Å². The van der Waals surface area contributed by atoms with Gasteiger partial charge in [0.25, 0.3) is 0 Å². The molecule has 1 amide bonds. The molecule has 100 valence electrons. The molecule has 0 spiro atoms. The predicted molar refractivity (Wildman–Crippen MR) is 78.9 cm³/mol. The summed E-state index contributed by atoms with van der Waals surface area (Å²) in [5.74, 6) is 1.48. The van der Waals surface area contributed by atoms with Crippen molar-refractivity contribution in [1.29, 1.82) is 0 Å². The normalized spacial score (nSPS) is 14.2. The van der Waals surface area contributed by atoms with Gasteiger partial charge in [-0.2, -0.15) is 11.8 Å². The minimum absolute atomic E-state index is 0.308. The first-order chi connectivity index (χ1) is 8.48. The van der Waals surface area contributed by atoms with E-state index in [0.29, 0.717) is 0 Å². The maximum Gasteiger partial charge on any atom is 0.237 e. The standard InChI is InChI=1S/C13H19ClN2OS/c1-13(16-2,12(15)17)7-8-18-9-10-3-5-11(14)6-4-10/h3-6,16H,7-9H2,1-2H3,(H2,15,17). The zero-order valence-corrected chi connectivity index (χ0v) is 12.3. The van der Waals surface area contributed by atoms with Crippen LogP contribution in [0.15, 0.2) is 24.3 Å². The van der Waals surface area contributed by atoms with Gasteiger partial charge >= 0.3 is 0 Å². The van der Waals surface area contributed by atoms with Crippen LogP contribution in [-0.4, -0.2) is 24.2 Å². The molecule has 0 saturated heterocycles. The zero-order chi connectivity index (χ0) is 13.6. The first kappa shape index (κ1) is 15.3. The summed E-state index contributed by atoms with van der Waals surface area (Å²) in [4.78, 5) is 11.3. The van der Waals surface area contributed by atoms with Crippen LogP contribution in [0, 0.1) is 0 Å². The molecule has 1 atom stereocenters. The maximum atomic E-state index is 11.3. The van der Waals surface area contributed by atoms with Crippen molar-refractivity contribution in [2.75, 3.05) is 12.8 Å². The third-order valence-electron chi connectivity index (χ3n) is 3.02. The second-order valence-electron chi connectivity index (χ2n) is 4.38. The average Bonchev–Trinajstić information content (AvgIpc) is 2.36. The lowest BCUT2D eigenvalue weighted by molar-refractivity contribution is -0.123. The lowest BCUT2D eigenvalue weighted by atomic mass is 9.99. The number of likely N-dealkylation sites (N-methyl/N-ethyl adjacent to an activating group) is 1. The van der Waals surface area contributed by atoms with Crippen LogP contribution in [0.25, 0.3) is 0 Å². The Labute approximate surface area is 117 Å². The number of nitrogens with one attached hydrogen (secondary N) is 1. The summed E-state index contributed by atoms with van der Waals surface area (Å²) in [6, 6.07) is 7.80. The molecule has 1 unspecified atom stereocenters. The Kier molecular flexibility index (Phi) is 5.99. The van der Waals surface area contributed by atoms with E-state index in [0.717, 1.165) is 22.9 Å². The van der Waals surface area contributed by atoms with Gasteiger partial charge in [-0.05, 0) is 43.8 Å². The van der Waals surface area contributed by atoms with Crippen LogP contribution < -0.4 is 11.1 Å². The molecule has 0 aliphatic carbocycles. The van der Waals surface area contributed by atoms with Crippen LogP contribution in [-0.2, 0) is 10.5 Å². The quantitative estimate of drug-likeness (QED) is 0.757. The molecule has 0 fully saturated rings. The number of halogens is 1. The van der Waals surface area contributed by atoms with Gasteiger partial charge in [0.05, 0.1) is 5.54 Å². The van der Waals surface area contributed by atoms with E-state index in [1.54, 1.807) is 18.8 Å². The number of hydrogen-bond acceptors (Lipinski definition) is 3. The number of carbonyl (C=O) groups excluding carboxylic acids is 1. The van der Waals surface area contributed by atoms with Gasteiger partial charge in [0.2, 0.25) is 5.91 Å². The van der Waals surface area contributed by atoms with Gasteiger partial charge in [-0.15, -0.1) is 0 Å². The molecule has 0 heterocycles. The number of thioether (sulfide) groups is 1. The van der Waals surface area contributed by atoms with E-state index < -0.39 is 5.54 Å². The van der Waals surface area contributed by atoms with E-state index in [4.69, 9.17) is 17.3 Å². The minimum Gasteiger partial charge on any atom is -0.368 e. The Morgan fingerprint density at radius 1 is 1.44 bits per heavy atom. The smallest absolute Gasteiger partial charge is 0.237 e. The first-order valence-electron chi connectivity index (χ1n) is 5.79. The van der Waals surface area contributed by atoms with Crippen LogP contribution in [0.3, 0.4) is 0 Å². The van der Waals surface area contributed by atoms with Gasteiger partial charge in [-0.3, -0.25) is 4.79 Å². The zero-order valence-electron chi connectivity index (χ0n) is 10.7. The monoisotopic (exact) mass is 286 g/mol.